The zero-order valence-corrected chi connectivity index (χ0v) is 14.1. The Hall–Kier alpha value is -2.07. The van der Waals surface area contributed by atoms with Gasteiger partial charge in [-0.25, -0.2) is 4.79 Å². The zero-order valence-electron chi connectivity index (χ0n) is 12.5. The summed E-state index contributed by atoms with van der Waals surface area (Å²) in [7, 11) is 0. The second-order valence-corrected chi connectivity index (χ2v) is 5.75. The van der Waals surface area contributed by atoms with E-state index < -0.39 is 0 Å². The average molecular weight is 359 g/mol. The number of hydrogen-bond acceptors (Lipinski definition) is 1. The second kappa shape index (κ2) is 8.39. The van der Waals surface area contributed by atoms with Crippen LogP contribution in [-0.4, -0.2) is 17.5 Å². The van der Waals surface area contributed by atoms with Gasteiger partial charge in [0.2, 0.25) is 0 Å². The Morgan fingerprint density at radius 2 is 1.82 bits per heavy atom. The van der Waals surface area contributed by atoms with Crippen molar-refractivity contribution in [3.63, 3.8) is 0 Å². The Bertz CT molecular complexity index is 623. The van der Waals surface area contributed by atoms with Crippen LogP contribution in [0.3, 0.4) is 0 Å². The van der Waals surface area contributed by atoms with Crippen LogP contribution < -0.4 is 5.32 Å². The fraction of sp³-hybridized carbons (Fsp3) is 0.167. The molecule has 0 saturated carbocycles. The summed E-state index contributed by atoms with van der Waals surface area (Å²) in [5, 5.41) is 2.81. The van der Waals surface area contributed by atoms with Gasteiger partial charge in [-0.05, 0) is 36.3 Å². The van der Waals surface area contributed by atoms with Crippen LogP contribution in [0.5, 0.6) is 0 Å². The molecule has 0 atom stereocenters. The van der Waals surface area contributed by atoms with Crippen molar-refractivity contribution in [3.05, 3.63) is 76.4 Å². The fourth-order valence-corrected chi connectivity index (χ4v) is 2.27. The van der Waals surface area contributed by atoms with Gasteiger partial charge in [0.25, 0.3) is 0 Å². The fourth-order valence-electron chi connectivity index (χ4n) is 2.01. The largest absolute Gasteiger partial charge is 0.321 e. The van der Waals surface area contributed by atoms with Gasteiger partial charge in [0.15, 0.2) is 0 Å². The lowest BCUT2D eigenvalue weighted by Crippen LogP contribution is -2.36. The molecule has 0 aliphatic heterocycles. The van der Waals surface area contributed by atoms with E-state index in [2.05, 4.69) is 21.2 Å². The summed E-state index contributed by atoms with van der Waals surface area (Å²) < 4.78 is 1.04. The van der Waals surface area contributed by atoms with E-state index in [-0.39, 0.29) is 6.03 Å². The highest BCUT2D eigenvalue weighted by Crippen LogP contribution is 2.11. The standard InChI is InChI=1S/C18H19BrN2O/c1-2-21(14-16-6-4-3-5-7-16)18(22)20-13-12-15-8-10-17(19)11-9-15/h3-13H,2,14H2,1H3,(H,20,22)/b13-12+. The molecule has 22 heavy (non-hydrogen) atoms. The predicted molar refractivity (Wildman–Crippen MR) is 94.2 cm³/mol. The van der Waals surface area contributed by atoms with E-state index in [1.54, 1.807) is 11.1 Å². The maximum absolute atomic E-state index is 12.2. The molecular formula is C18H19BrN2O. The first-order valence-corrected chi connectivity index (χ1v) is 8.00. The van der Waals surface area contributed by atoms with E-state index in [9.17, 15) is 4.79 Å². The third-order valence-electron chi connectivity index (χ3n) is 3.24. The first-order chi connectivity index (χ1) is 10.7. The molecule has 2 aromatic rings. The van der Waals surface area contributed by atoms with Gasteiger partial charge in [-0.2, -0.15) is 0 Å². The minimum Gasteiger partial charge on any atom is -0.321 e. The Morgan fingerprint density at radius 3 is 2.45 bits per heavy atom. The van der Waals surface area contributed by atoms with Gasteiger partial charge in [0.1, 0.15) is 0 Å². The average Bonchev–Trinajstić information content (AvgIpc) is 2.55. The maximum atomic E-state index is 12.2. The molecule has 1 N–H and O–H groups in total. The van der Waals surface area contributed by atoms with Gasteiger partial charge < -0.3 is 10.2 Å². The summed E-state index contributed by atoms with van der Waals surface area (Å²) in [4.78, 5) is 13.9. The van der Waals surface area contributed by atoms with Crippen molar-refractivity contribution in [3.8, 4) is 0 Å². The Balaban J connectivity index is 1.90. The van der Waals surface area contributed by atoms with E-state index >= 15 is 0 Å². The van der Waals surface area contributed by atoms with Crippen molar-refractivity contribution >= 4 is 28.0 Å². The predicted octanol–water partition coefficient (Wildman–Crippen LogP) is 4.65. The minimum absolute atomic E-state index is 0.0975. The SMILES string of the molecule is CCN(Cc1ccccc1)C(=O)N/C=C/c1ccc(Br)cc1. The first-order valence-electron chi connectivity index (χ1n) is 7.20. The van der Waals surface area contributed by atoms with Crippen LogP contribution in [0, 0.1) is 0 Å². The van der Waals surface area contributed by atoms with Crippen molar-refractivity contribution in [2.75, 3.05) is 6.54 Å². The Kier molecular flexibility index (Phi) is 6.22. The number of nitrogens with zero attached hydrogens (tertiary/aromatic N) is 1. The molecule has 0 unspecified atom stereocenters. The summed E-state index contributed by atoms with van der Waals surface area (Å²) in [6.07, 6.45) is 3.56. The summed E-state index contributed by atoms with van der Waals surface area (Å²) in [6, 6.07) is 17.8. The molecule has 0 spiro atoms. The van der Waals surface area contributed by atoms with Crippen LogP contribution in [0.25, 0.3) is 6.08 Å². The van der Waals surface area contributed by atoms with Crippen molar-refractivity contribution in [2.45, 2.75) is 13.5 Å². The van der Waals surface area contributed by atoms with Gasteiger partial charge in [-0.3, -0.25) is 0 Å². The van der Waals surface area contributed by atoms with Crippen molar-refractivity contribution < 1.29 is 4.79 Å². The summed E-state index contributed by atoms with van der Waals surface area (Å²) >= 11 is 3.40. The molecule has 3 nitrogen and oxygen atoms in total. The summed E-state index contributed by atoms with van der Waals surface area (Å²) in [5.41, 5.74) is 2.16. The number of carbonyl (C=O) groups is 1. The van der Waals surface area contributed by atoms with Crippen LogP contribution in [-0.2, 0) is 6.54 Å². The highest BCUT2D eigenvalue weighted by molar-refractivity contribution is 9.10. The molecule has 0 aliphatic carbocycles. The van der Waals surface area contributed by atoms with Gasteiger partial charge in [0, 0.05) is 23.8 Å². The number of nitrogens with one attached hydrogen (secondary N) is 1. The smallest absolute Gasteiger partial charge is 0.321 e. The molecule has 0 heterocycles. The van der Waals surface area contributed by atoms with Crippen LogP contribution in [0.4, 0.5) is 4.79 Å². The Morgan fingerprint density at radius 1 is 1.14 bits per heavy atom. The number of carbonyl (C=O) groups excluding carboxylic acids is 1. The topological polar surface area (TPSA) is 32.3 Å². The Labute approximate surface area is 139 Å². The number of urea groups is 1. The van der Waals surface area contributed by atoms with Gasteiger partial charge in [0.05, 0.1) is 0 Å². The highest BCUT2D eigenvalue weighted by Gasteiger charge is 2.09. The highest BCUT2D eigenvalue weighted by atomic mass is 79.9. The minimum atomic E-state index is -0.0975. The maximum Gasteiger partial charge on any atom is 0.321 e. The van der Waals surface area contributed by atoms with Crippen molar-refractivity contribution in [1.29, 1.82) is 0 Å². The van der Waals surface area contributed by atoms with Crippen LogP contribution in [0.15, 0.2) is 65.3 Å². The lowest BCUT2D eigenvalue weighted by molar-refractivity contribution is 0.202. The molecule has 114 valence electrons. The van der Waals surface area contributed by atoms with E-state index in [0.717, 1.165) is 15.6 Å². The quantitative estimate of drug-likeness (QED) is 0.828. The van der Waals surface area contributed by atoms with Crippen LogP contribution in [0.1, 0.15) is 18.1 Å². The third kappa shape index (κ3) is 5.04. The molecule has 0 bridgehead atoms. The molecule has 0 aliphatic rings. The number of rotatable bonds is 5. The molecule has 0 aromatic heterocycles. The first kappa shape index (κ1) is 16.3. The molecule has 0 radical (unpaired) electrons. The number of amides is 2. The van der Waals surface area contributed by atoms with Crippen molar-refractivity contribution in [2.24, 2.45) is 0 Å². The molecule has 0 saturated heterocycles. The number of halogens is 1. The van der Waals surface area contributed by atoms with E-state index in [4.69, 9.17) is 0 Å². The number of hydrogen-bond donors (Lipinski definition) is 1. The summed E-state index contributed by atoms with van der Waals surface area (Å²) in [5.74, 6) is 0. The zero-order chi connectivity index (χ0) is 15.8. The molecule has 0 fully saturated rings. The molecule has 2 amide bonds. The molecule has 4 heteroatoms. The summed E-state index contributed by atoms with van der Waals surface area (Å²) in [6.45, 7) is 3.24. The van der Waals surface area contributed by atoms with Crippen molar-refractivity contribution in [1.82, 2.24) is 10.2 Å². The van der Waals surface area contributed by atoms with E-state index in [1.807, 2.05) is 67.6 Å². The molecular weight excluding hydrogens is 340 g/mol. The lowest BCUT2D eigenvalue weighted by Gasteiger charge is -2.20. The van der Waals surface area contributed by atoms with Gasteiger partial charge >= 0.3 is 6.03 Å². The number of benzene rings is 2. The normalized spacial score (nSPS) is 10.6. The van der Waals surface area contributed by atoms with Gasteiger partial charge in [-0.1, -0.05) is 58.4 Å². The lowest BCUT2D eigenvalue weighted by atomic mass is 10.2. The van der Waals surface area contributed by atoms with Crippen LogP contribution >= 0.6 is 15.9 Å². The van der Waals surface area contributed by atoms with E-state index in [1.165, 1.54) is 0 Å². The second-order valence-electron chi connectivity index (χ2n) is 4.83. The van der Waals surface area contributed by atoms with E-state index in [0.29, 0.717) is 13.1 Å². The molecule has 2 aromatic carbocycles. The monoisotopic (exact) mass is 358 g/mol. The third-order valence-corrected chi connectivity index (χ3v) is 3.77. The molecule has 2 rings (SSSR count). The van der Waals surface area contributed by atoms with Crippen LogP contribution in [0.2, 0.25) is 0 Å². The van der Waals surface area contributed by atoms with Gasteiger partial charge in [-0.15, -0.1) is 0 Å².